The van der Waals surface area contributed by atoms with Gasteiger partial charge in [-0.2, -0.15) is 0 Å². The Balaban J connectivity index is 4.59. The first kappa shape index (κ1) is 11.8. The molecule has 0 aromatic carbocycles. The van der Waals surface area contributed by atoms with Crippen molar-refractivity contribution in [3.63, 3.8) is 0 Å². The fourth-order valence-corrected chi connectivity index (χ4v) is 2.13. The fourth-order valence-electron chi connectivity index (χ4n) is 0.879. The van der Waals surface area contributed by atoms with E-state index in [0.717, 1.165) is 12.1 Å². The molecule has 2 nitrogen and oxygen atoms in total. The Morgan fingerprint density at radius 1 is 1.42 bits per heavy atom. The van der Waals surface area contributed by atoms with Crippen molar-refractivity contribution in [3.05, 3.63) is 0 Å². The number of rotatable bonds is 3. The van der Waals surface area contributed by atoms with Gasteiger partial charge in [0.2, 0.25) is 0 Å². The Labute approximate surface area is 76.8 Å². The van der Waals surface area contributed by atoms with Crippen LogP contribution in [0.2, 0.25) is 19.6 Å². The molecule has 1 unspecified atom stereocenters. The van der Waals surface area contributed by atoms with Crippen molar-refractivity contribution in [2.24, 2.45) is 4.66 Å². The standard InChI is InChI=1S/C9H21NOSi/c1-7-9(3,11)8(2)10-12(4,5)6/h11H,7H2,1-6H3. The van der Waals surface area contributed by atoms with Crippen LogP contribution < -0.4 is 0 Å². The third-order valence-electron chi connectivity index (χ3n) is 1.97. The van der Waals surface area contributed by atoms with Gasteiger partial charge < -0.3 is 9.76 Å². The van der Waals surface area contributed by atoms with Gasteiger partial charge in [0.05, 0.1) is 5.60 Å². The maximum Gasteiger partial charge on any atom is 0.172 e. The van der Waals surface area contributed by atoms with Gasteiger partial charge in [-0.25, -0.2) is 0 Å². The maximum absolute atomic E-state index is 9.85. The Morgan fingerprint density at radius 2 is 1.83 bits per heavy atom. The Morgan fingerprint density at radius 3 is 2.08 bits per heavy atom. The Hall–Kier alpha value is -0.153. The first-order valence-corrected chi connectivity index (χ1v) is 7.93. The molecular weight excluding hydrogens is 166 g/mol. The molecular formula is C9H21NOSi. The van der Waals surface area contributed by atoms with E-state index < -0.39 is 13.8 Å². The summed E-state index contributed by atoms with van der Waals surface area (Å²) in [6.45, 7) is 12.2. The molecule has 0 fully saturated rings. The highest BCUT2D eigenvalue weighted by Crippen LogP contribution is 2.14. The second kappa shape index (κ2) is 3.71. The maximum atomic E-state index is 9.85. The third-order valence-corrected chi connectivity index (χ3v) is 2.98. The van der Waals surface area contributed by atoms with E-state index >= 15 is 0 Å². The Bertz CT molecular complexity index is 179. The van der Waals surface area contributed by atoms with E-state index in [1.54, 1.807) is 0 Å². The topological polar surface area (TPSA) is 32.6 Å². The number of hydrogen-bond acceptors (Lipinski definition) is 2. The van der Waals surface area contributed by atoms with Crippen LogP contribution in [0.25, 0.3) is 0 Å². The normalized spacial score (nSPS) is 19.1. The van der Waals surface area contributed by atoms with Gasteiger partial charge in [-0.3, -0.25) is 0 Å². The zero-order valence-electron chi connectivity index (χ0n) is 9.10. The summed E-state index contributed by atoms with van der Waals surface area (Å²) < 4.78 is 4.56. The highest BCUT2D eigenvalue weighted by molar-refractivity contribution is 6.75. The van der Waals surface area contributed by atoms with E-state index in [-0.39, 0.29) is 0 Å². The van der Waals surface area contributed by atoms with E-state index in [4.69, 9.17) is 0 Å². The molecule has 0 spiro atoms. The summed E-state index contributed by atoms with van der Waals surface area (Å²) in [7, 11) is -1.42. The minimum atomic E-state index is -1.42. The molecule has 1 N–H and O–H groups in total. The van der Waals surface area contributed by atoms with E-state index in [9.17, 15) is 5.11 Å². The number of hydrogen-bond donors (Lipinski definition) is 1. The lowest BCUT2D eigenvalue weighted by Gasteiger charge is -2.24. The molecule has 12 heavy (non-hydrogen) atoms. The summed E-state index contributed by atoms with van der Waals surface area (Å²) in [6, 6.07) is 0. The van der Waals surface area contributed by atoms with Crippen LogP contribution in [0.15, 0.2) is 4.66 Å². The molecule has 0 aromatic rings. The number of aliphatic hydroxyl groups is 1. The van der Waals surface area contributed by atoms with Crippen LogP contribution in [-0.2, 0) is 0 Å². The van der Waals surface area contributed by atoms with Gasteiger partial charge >= 0.3 is 0 Å². The lowest BCUT2D eigenvalue weighted by molar-refractivity contribution is 0.128. The highest BCUT2D eigenvalue weighted by atomic mass is 28.3. The predicted octanol–water partition coefficient (Wildman–Crippen LogP) is 2.44. The molecule has 0 heterocycles. The minimum Gasteiger partial charge on any atom is -0.384 e. The van der Waals surface area contributed by atoms with Crippen LogP contribution in [0.1, 0.15) is 27.2 Å². The largest absolute Gasteiger partial charge is 0.384 e. The highest BCUT2D eigenvalue weighted by Gasteiger charge is 2.23. The Kier molecular flexibility index (Phi) is 3.66. The summed E-state index contributed by atoms with van der Waals surface area (Å²) in [6.07, 6.45) is 0.729. The first-order valence-electron chi connectivity index (χ1n) is 4.48. The van der Waals surface area contributed by atoms with Gasteiger partial charge in [-0.15, -0.1) is 0 Å². The summed E-state index contributed by atoms with van der Waals surface area (Å²) in [4.78, 5) is 0. The van der Waals surface area contributed by atoms with Crippen LogP contribution in [0, 0.1) is 0 Å². The molecule has 0 radical (unpaired) electrons. The van der Waals surface area contributed by atoms with E-state index in [2.05, 4.69) is 24.3 Å². The van der Waals surface area contributed by atoms with Gasteiger partial charge in [0, 0.05) is 5.71 Å². The lowest BCUT2D eigenvalue weighted by atomic mass is 9.99. The van der Waals surface area contributed by atoms with Crippen molar-refractivity contribution in [2.45, 2.75) is 52.4 Å². The third kappa shape index (κ3) is 4.02. The molecule has 0 aliphatic rings. The quantitative estimate of drug-likeness (QED) is 0.534. The van der Waals surface area contributed by atoms with E-state index in [0.29, 0.717) is 0 Å². The molecule has 0 saturated heterocycles. The monoisotopic (exact) mass is 187 g/mol. The van der Waals surface area contributed by atoms with E-state index in [1.165, 1.54) is 0 Å². The van der Waals surface area contributed by atoms with Crippen LogP contribution in [-0.4, -0.2) is 24.7 Å². The lowest BCUT2D eigenvalue weighted by Crippen LogP contribution is -2.35. The van der Waals surface area contributed by atoms with Crippen molar-refractivity contribution < 1.29 is 5.11 Å². The molecule has 72 valence electrons. The van der Waals surface area contributed by atoms with Crippen molar-refractivity contribution in [1.29, 1.82) is 0 Å². The van der Waals surface area contributed by atoms with Crippen molar-refractivity contribution in [1.82, 2.24) is 0 Å². The SMILES string of the molecule is CCC(C)(O)C(C)=N[Si](C)(C)C. The molecule has 0 aliphatic carbocycles. The van der Waals surface area contributed by atoms with Crippen molar-refractivity contribution in [3.8, 4) is 0 Å². The summed E-state index contributed by atoms with van der Waals surface area (Å²) in [5, 5.41) is 9.85. The van der Waals surface area contributed by atoms with Crippen LogP contribution in [0.3, 0.4) is 0 Å². The number of nitrogens with zero attached hydrogens (tertiary/aromatic N) is 1. The molecule has 0 rings (SSSR count). The van der Waals surface area contributed by atoms with Gasteiger partial charge in [-0.05, 0) is 39.9 Å². The molecule has 3 heteroatoms. The second-order valence-corrected chi connectivity index (χ2v) is 9.06. The summed E-state index contributed by atoms with van der Waals surface area (Å²) in [5.74, 6) is 0. The van der Waals surface area contributed by atoms with Gasteiger partial charge in [0.15, 0.2) is 8.24 Å². The molecule has 0 saturated carbocycles. The summed E-state index contributed by atoms with van der Waals surface area (Å²) in [5.41, 5.74) is 0.171. The smallest absolute Gasteiger partial charge is 0.172 e. The van der Waals surface area contributed by atoms with Crippen LogP contribution >= 0.6 is 0 Å². The fraction of sp³-hybridized carbons (Fsp3) is 0.889. The van der Waals surface area contributed by atoms with Gasteiger partial charge in [-0.1, -0.05) is 6.92 Å². The van der Waals surface area contributed by atoms with Crippen LogP contribution in [0.5, 0.6) is 0 Å². The zero-order chi connectivity index (χ0) is 9.99. The molecule has 1 atom stereocenters. The van der Waals surface area contributed by atoms with Gasteiger partial charge in [0.1, 0.15) is 0 Å². The second-order valence-electron chi connectivity index (χ2n) is 4.50. The minimum absolute atomic E-state index is 0.708. The zero-order valence-corrected chi connectivity index (χ0v) is 10.1. The average molecular weight is 187 g/mol. The molecule has 0 aromatic heterocycles. The molecule has 0 amide bonds. The molecule has 0 aliphatic heterocycles. The van der Waals surface area contributed by atoms with Crippen molar-refractivity contribution in [2.75, 3.05) is 0 Å². The predicted molar refractivity (Wildman–Crippen MR) is 57.4 cm³/mol. The average Bonchev–Trinajstić information content (AvgIpc) is 1.84. The first-order chi connectivity index (χ1) is 5.19. The van der Waals surface area contributed by atoms with Crippen LogP contribution in [0.4, 0.5) is 0 Å². The summed E-state index contributed by atoms with van der Waals surface area (Å²) >= 11 is 0. The van der Waals surface area contributed by atoms with Gasteiger partial charge in [0.25, 0.3) is 0 Å². The van der Waals surface area contributed by atoms with E-state index in [1.807, 2.05) is 20.8 Å². The molecule has 0 bridgehead atoms. The van der Waals surface area contributed by atoms with Crippen molar-refractivity contribution >= 4 is 13.9 Å².